The van der Waals surface area contributed by atoms with Gasteiger partial charge in [0.25, 0.3) is 0 Å². The normalized spacial score (nSPS) is 18.6. The zero-order valence-corrected chi connectivity index (χ0v) is 13.0. The largest absolute Gasteiger partial charge is 0.487 e. The molecule has 0 N–H and O–H groups in total. The van der Waals surface area contributed by atoms with Crippen LogP contribution in [0.4, 0.5) is 10.1 Å². The van der Waals surface area contributed by atoms with E-state index in [0.717, 1.165) is 31.6 Å². The minimum atomic E-state index is -0.314. The summed E-state index contributed by atoms with van der Waals surface area (Å²) in [6, 6.07) is 4.95. The monoisotopic (exact) mass is 391 g/mol. The van der Waals surface area contributed by atoms with Crippen molar-refractivity contribution in [3.8, 4) is 5.75 Å². The molecule has 1 aliphatic carbocycles. The van der Waals surface area contributed by atoms with Crippen molar-refractivity contribution in [2.75, 3.05) is 18.0 Å². The molecule has 108 valence electrons. The van der Waals surface area contributed by atoms with Crippen LogP contribution in [-0.2, 0) is 7.86 Å². The quantitative estimate of drug-likeness (QED) is 0.724. The van der Waals surface area contributed by atoms with Crippen molar-refractivity contribution in [3.05, 3.63) is 24.0 Å². The van der Waals surface area contributed by atoms with Gasteiger partial charge in [-0.15, -0.1) is 0 Å². The third-order valence-corrected chi connectivity index (χ3v) is 4.09. The van der Waals surface area contributed by atoms with Gasteiger partial charge in [-0.2, -0.15) is 0 Å². The molecule has 1 aromatic rings. The summed E-state index contributed by atoms with van der Waals surface area (Å²) in [4.78, 5) is 13.3. The summed E-state index contributed by atoms with van der Waals surface area (Å²) in [5.41, 5.74) is 0.946. The molecule has 0 aromatic heterocycles. The number of halogens is 2. The van der Waals surface area contributed by atoms with Gasteiger partial charge in [0.2, 0.25) is 0 Å². The molecule has 0 unspecified atom stereocenters. The first-order valence-electron chi connectivity index (χ1n) is 6.68. The molecule has 1 heterocycles. The molecule has 0 radical (unpaired) electrons. The van der Waals surface area contributed by atoms with Gasteiger partial charge in [-0.3, -0.25) is 4.79 Å². The summed E-state index contributed by atoms with van der Waals surface area (Å²) in [6.07, 6.45) is 2.63. The first-order valence-corrected chi connectivity index (χ1v) is 7.56. The number of carbonyl (C=O) groups excluding carboxylic acids is 1. The highest BCUT2D eigenvalue weighted by atomic mass is 127. The van der Waals surface area contributed by atoms with E-state index in [2.05, 4.69) is 7.97 Å². The highest BCUT2D eigenvalue weighted by Gasteiger charge is 2.30. The van der Waals surface area contributed by atoms with Crippen LogP contribution in [0.15, 0.2) is 18.2 Å². The van der Waals surface area contributed by atoms with Gasteiger partial charge in [0.05, 0.1) is 12.5 Å². The number of anilines is 1. The molecule has 0 amide bonds. The van der Waals surface area contributed by atoms with Gasteiger partial charge in [-0.25, -0.2) is 4.39 Å². The summed E-state index contributed by atoms with van der Waals surface area (Å²) in [5.74, 6) is 0.147. The maximum Gasteiger partial charge on any atom is 0.315 e. The van der Waals surface area contributed by atoms with Crippen LogP contribution in [-0.4, -0.2) is 25.2 Å². The predicted molar refractivity (Wildman–Crippen MR) is 80.5 cm³/mol. The Labute approximate surface area is 130 Å². The van der Waals surface area contributed by atoms with E-state index in [0.29, 0.717) is 18.1 Å². The van der Waals surface area contributed by atoms with E-state index >= 15 is 0 Å². The Morgan fingerprint density at radius 1 is 1.40 bits per heavy atom. The lowest BCUT2D eigenvalue weighted by Gasteiger charge is -2.40. The Hall–Kier alpha value is -1.05. The number of carbonyl (C=O) groups is 1. The highest BCUT2D eigenvalue weighted by molar-refractivity contribution is 14.1. The van der Waals surface area contributed by atoms with E-state index in [1.807, 2.05) is 0 Å². The maximum atomic E-state index is 13.6. The molecule has 6 heteroatoms. The van der Waals surface area contributed by atoms with Crippen molar-refractivity contribution in [1.29, 1.82) is 0 Å². The molecule has 1 aliphatic heterocycles. The van der Waals surface area contributed by atoms with E-state index in [-0.39, 0.29) is 17.9 Å². The van der Waals surface area contributed by atoms with Crippen molar-refractivity contribution in [2.45, 2.75) is 25.4 Å². The zero-order valence-electron chi connectivity index (χ0n) is 10.9. The third kappa shape index (κ3) is 3.16. The van der Waals surface area contributed by atoms with Crippen LogP contribution < -0.4 is 9.64 Å². The van der Waals surface area contributed by atoms with Crippen molar-refractivity contribution < 1.29 is 17.0 Å². The van der Waals surface area contributed by atoms with E-state index < -0.39 is 0 Å². The molecule has 1 saturated heterocycles. The number of hydrogen-bond donors (Lipinski definition) is 0. The Bertz CT molecular complexity index is 515. The van der Waals surface area contributed by atoms with Crippen LogP contribution in [0.2, 0.25) is 0 Å². The molecule has 0 atom stereocenters. The van der Waals surface area contributed by atoms with Crippen molar-refractivity contribution in [3.63, 3.8) is 0 Å². The van der Waals surface area contributed by atoms with Crippen LogP contribution in [0.5, 0.6) is 5.75 Å². The Morgan fingerprint density at radius 2 is 2.15 bits per heavy atom. The van der Waals surface area contributed by atoms with E-state index in [9.17, 15) is 9.18 Å². The van der Waals surface area contributed by atoms with Gasteiger partial charge < -0.3 is 12.7 Å². The molecular weight excluding hydrogens is 376 g/mol. The Morgan fingerprint density at radius 3 is 2.80 bits per heavy atom. The van der Waals surface area contributed by atoms with Gasteiger partial charge in [0.15, 0.2) is 34.6 Å². The summed E-state index contributed by atoms with van der Waals surface area (Å²) < 4.78 is 23.8. The summed E-state index contributed by atoms with van der Waals surface area (Å²) in [5, 5.41) is 0. The average Bonchev–Trinajstić information content (AvgIpc) is 3.20. The lowest BCUT2D eigenvalue weighted by Crippen LogP contribution is -2.47. The second-order valence-electron chi connectivity index (χ2n) is 5.36. The fourth-order valence-electron chi connectivity index (χ4n) is 2.32. The second kappa shape index (κ2) is 5.75. The van der Waals surface area contributed by atoms with Crippen molar-refractivity contribution >= 4 is 34.7 Å². The standard InChI is InChI=1S/C14H15FINO3/c15-12-4-1-10(6-13(12)19-11-2-3-11)17-7-9(8-17)5-14(18)20-16/h1,4,6,9,11H,2-3,5,7-8H2. The fourth-order valence-corrected chi connectivity index (χ4v) is 2.50. The Kier molecular flexibility index (Phi) is 4.00. The van der Waals surface area contributed by atoms with E-state index in [1.165, 1.54) is 6.07 Å². The van der Waals surface area contributed by atoms with Crippen LogP contribution in [0.3, 0.4) is 0 Å². The van der Waals surface area contributed by atoms with Gasteiger partial charge in [0.1, 0.15) is 0 Å². The average molecular weight is 391 g/mol. The molecule has 1 saturated carbocycles. The molecule has 3 rings (SSSR count). The molecule has 2 aliphatic rings. The lowest BCUT2D eigenvalue weighted by molar-refractivity contribution is -0.132. The molecule has 20 heavy (non-hydrogen) atoms. The van der Waals surface area contributed by atoms with Crippen molar-refractivity contribution in [1.82, 2.24) is 0 Å². The maximum absolute atomic E-state index is 13.6. The highest BCUT2D eigenvalue weighted by Crippen LogP contribution is 2.34. The molecule has 0 spiro atoms. The molecule has 0 bridgehead atoms. The van der Waals surface area contributed by atoms with Crippen LogP contribution in [0.25, 0.3) is 0 Å². The first kappa shape index (κ1) is 13.9. The van der Waals surface area contributed by atoms with Crippen LogP contribution in [0, 0.1) is 11.7 Å². The smallest absolute Gasteiger partial charge is 0.315 e. The lowest BCUT2D eigenvalue weighted by atomic mass is 9.95. The van der Waals surface area contributed by atoms with Crippen molar-refractivity contribution in [2.24, 2.45) is 5.92 Å². The van der Waals surface area contributed by atoms with Crippen LogP contribution in [0.1, 0.15) is 19.3 Å². The minimum absolute atomic E-state index is 0.183. The van der Waals surface area contributed by atoms with Crippen LogP contribution >= 0.6 is 23.0 Å². The molecular formula is C14H15FINO3. The zero-order chi connectivity index (χ0) is 14.1. The van der Waals surface area contributed by atoms with Gasteiger partial charge in [-0.1, -0.05) is 0 Å². The third-order valence-electron chi connectivity index (χ3n) is 3.60. The van der Waals surface area contributed by atoms with Gasteiger partial charge >= 0.3 is 5.97 Å². The first-order chi connectivity index (χ1) is 9.65. The van der Waals surface area contributed by atoms with Gasteiger partial charge in [0, 0.05) is 30.8 Å². The number of nitrogens with zero attached hydrogens (tertiary/aromatic N) is 1. The molecule has 2 fully saturated rings. The summed E-state index contributed by atoms with van der Waals surface area (Å²) in [7, 11) is 0. The van der Waals surface area contributed by atoms with E-state index in [1.54, 1.807) is 35.1 Å². The number of rotatable bonds is 5. The Balaban J connectivity index is 1.59. The predicted octanol–water partition coefficient (Wildman–Crippen LogP) is 3.09. The van der Waals surface area contributed by atoms with Gasteiger partial charge in [-0.05, 0) is 25.0 Å². The fraction of sp³-hybridized carbons (Fsp3) is 0.500. The van der Waals surface area contributed by atoms with E-state index in [4.69, 9.17) is 4.74 Å². The minimum Gasteiger partial charge on any atom is -0.487 e. The second-order valence-corrected chi connectivity index (χ2v) is 5.80. The SMILES string of the molecule is O=C(CC1CN(c2ccc(F)c(OC3CC3)c2)C1)OI. The topological polar surface area (TPSA) is 38.8 Å². The summed E-state index contributed by atoms with van der Waals surface area (Å²) in [6.45, 7) is 1.58. The number of benzene rings is 1. The number of ether oxygens (including phenoxy) is 1. The molecule has 1 aromatic carbocycles. The summed E-state index contributed by atoms with van der Waals surface area (Å²) >= 11 is 1.61. The molecule has 4 nitrogen and oxygen atoms in total. The number of hydrogen-bond acceptors (Lipinski definition) is 4.